The van der Waals surface area contributed by atoms with Crippen LogP contribution in [0.1, 0.15) is 25.0 Å². The van der Waals surface area contributed by atoms with E-state index in [2.05, 4.69) is 5.32 Å². The van der Waals surface area contributed by atoms with Crippen LogP contribution in [0.3, 0.4) is 0 Å². The molecule has 1 unspecified atom stereocenters. The zero-order chi connectivity index (χ0) is 13.7. The molecule has 0 aliphatic carbocycles. The highest BCUT2D eigenvalue weighted by atomic mass is 19.1. The molecule has 0 heterocycles. The molecule has 0 saturated heterocycles. The van der Waals surface area contributed by atoms with E-state index in [1.165, 1.54) is 6.07 Å². The van der Waals surface area contributed by atoms with Gasteiger partial charge in [-0.05, 0) is 38.8 Å². The molecule has 0 saturated carbocycles. The van der Waals surface area contributed by atoms with E-state index in [4.69, 9.17) is 5.73 Å². The maximum atomic E-state index is 13.6. The van der Waals surface area contributed by atoms with Crippen molar-refractivity contribution < 1.29 is 9.18 Å². The number of hydrogen-bond acceptors (Lipinski definition) is 2. The molecule has 1 aromatic rings. The van der Waals surface area contributed by atoms with Gasteiger partial charge in [0.1, 0.15) is 5.82 Å². The molecule has 100 valence electrons. The summed E-state index contributed by atoms with van der Waals surface area (Å²) >= 11 is 0. The average Bonchev–Trinajstić information content (AvgIpc) is 2.29. The molecule has 3 N–H and O–H groups in total. The zero-order valence-electron chi connectivity index (χ0n) is 11.2. The average molecular weight is 252 g/mol. The summed E-state index contributed by atoms with van der Waals surface area (Å²) < 4.78 is 13.6. The number of carbonyl (C=O) groups excluding carboxylic acids is 1. The SMILES string of the molecule is Cc1ccc(F)c(CC(CN)C(=O)NC(C)C)c1. The monoisotopic (exact) mass is 252 g/mol. The number of halogens is 1. The smallest absolute Gasteiger partial charge is 0.224 e. The van der Waals surface area contributed by atoms with Crippen LogP contribution in [-0.4, -0.2) is 18.5 Å². The lowest BCUT2D eigenvalue weighted by Crippen LogP contribution is -2.39. The fraction of sp³-hybridized carbons (Fsp3) is 0.500. The molecular formula is C14H21FN2O. The number of rotatable bonds is 5. The van der Waals surface area contributed by atoms with Crippen LogP contribution in [0.4, 0.5) is 4.39 Å². The highest BCUT2D eigenvalue weighted by Gasteiger charge is 2.19. The first-order valence-corrected chi connectivity index (χ1v) is 6.19. The minimum Gasteiger partial charge on any atom is -0.354 e. The van der Waals surface area contributed by atoms with E-state index in [0.717, 1.165) is 5.56 Å². The summed E-state index contributed by atoms with van der Waals surface area (Å²) in [5, 5.41) is 2.81. The Morgan fingerprint density at radius 1 is 1.44 bits per heavy atom. The van der Waals surface area contributed by atoms with Crippen LogP contribution in [0.25, 0.3) is 0 Å². The van der Waals surface area contributed by atoms with Crippen molar-refractivity contribution in [1.29, 1.82) is 0 Å². The van der Waals surface area contributed by atoms with Crippen molar-refractivity contribution in [1.82, 2.24) is 5.32 Å². The van der Waals surface area contributed by atoms with E-state index in [1.54, 1.807) is 12.1 Å². The van der Waals surface area contributed by atoms with Crippen LogP contribution in [-0.2, 0) is 11.2 Å². The van der Waals surface area contributed by atoms with Crippen molar-refractivity contribution in [2.75, 3.05) is 6.54 Å². The van der Waals surface area contributed by atoms with Crippen molar-refractivity contribution in [3.63, 3.8) is 0 Å². The van der Waals surface area contributed by atoms with Gasteiger partial charge in [-0.15, -0.1) is 0 Å². The molecule has 0 radical (unpaired) electrons. The van der Waals surface area contributed by atoms with E-state index in [-0.39, 0.29) is 30.2 Å². The first-order valence-electron chi connectivity index (χ1n) is 6.19. The molecule has 0 spiro atoms. The van der Waals surface area contributed by atoms with E-state index in [0.29, 0.717) is 12.0 Å². The molecule has 0 fully saturated rings. The van der Waals surface area contributed by atoms with Gasteiger partial charge in [-0.3, -0.25) is 4.79 Å². The number of amides is 1. The Kier molecular flexibility index (Phi) is 5.28. The van der Waals surface area contributed by atoms with Crippen LogP contribution < -0.4 is 11.1 Å². The molecule has 1 rings (SSSR count). The van der Waals surface area contributed by atoms with Crippen molar-refractivity contribution in [3.05, 3.63) is 35.1 Å². The third kappa shape index (κ3) is 4.11. The first kappa shape index (κ1) is 14.6. The number of aryl methyl sites for hydroxylation is 1. The Hall–Kier alpha value is -1.42. The lowest BCUT2D eigenvalue weighted by atomic mass is 9.96. The largest absolute Gasteiger partial charge is 0.354 e. The van der Waals surface area contributed by atoms with Gasteiger partial charge in [-0.25, -0.2) is 4.39 Å². The Morgan fingerprint density at radius 3 is 2.67 bits per heavy atom. The third-order valence-corrected chi connectivity index (χ3v) is 2.75. The first-order chi connectivity index (χ1) is 8.43. The van der Waals surface area contributed by atoms with Crippen LogP contribution in [0.15, 0.2) is 18.2 Å². The fourth-order valence-corrected chi connectivity index (χ4v) is 1.81. The van der Waals surface area contributed by atoms with Crippen molar-refractivity contribution in [3.8, 4) is 0 Å². The Bertz CT molecular complexity index is 418. The summed E-state index contributed by atoms with van der Waals surface area (Å²) in [6.07, 6.45) is 0.336. The molecule has 0 aliphatic rings. The predicted octanol–water partition coefficient (Wildman–Crippen LogP) is 1.78. The molecule has 0 aliphatic heterocycles. The molecule has 1 atom stereocenters. The molecule has 0 bridgehead atoms. The van der Waals surface area contributed by atoms with Gasteiger partial charge in [-0.2, -0.15) is 0 Å². The molecule has 0 aromatic heterocycles. The van der Waals surface area contributed by atoms with Gasteiger partial charge in [-0.1, -0.05) is 17.7 Å². The highest BCUT2D eigenvalue weighted by molar-refractivity contribution is 5.79. The Morgan fingerprint density at radius 2 is 2.11 bits per heavy atom. The van der Waals surface area contributed by atoms with Crippen molar-refractivity contribution >= 4 is 5.91 Å². The quantitative estimate of drug-likeness (QED) is 0.839. The van der Waals surface area contributed by atoms with Crippen molar-refractivity contribution in [2.45, 2.75) is 33.2 Å². The van der Waals surface area contributed by atoms with Crippen LogP contribution in [0, 0.1) is 18.7 Å². The summed E-state index contributed by atoms with van der Waals surface area (Å²) in [6.45, 7) is 5.89. The second-order valence-corrected chi connectivity index (χ2v) is 4.89. The summed E-state index contributed by atoms with van der Waals surface area (Å²) in [7, 11) is 0. The summed E-state index contributed by atoms with van der Waals surface area (Å²) in [5.74, 6) is -0.784. The normalized spacial score (nSPS) is 12.6. The molecule has 18 heavy (non-hydrogen) atoms. The lowest BCUT2D eigenvalue weighted by molar-refractivity contribution is -0.125. The number of nitrogens with one attached hydrogen (secondary N) is 1. The van der Waals surface area contributed by atoms with Crippen molar-refractivity contribution in [2.24, 2.45) is 11.7 Å². The fourth-order valence-electron chi connectivity index (χ4n) is 1.81. The van der Waals surface area contributed by atoms with E-state index in [1.807, 2.05) is 20.8 Å². The zero-order valence-corrected chi connectivity index (χ0v) is 11.2. The summed E-state index contributed by atoms with van der Waals surface area (Å²) in [5.41, 5.74) is 7.13. The maximum Gasteiger partial charge on any atom is 0.224 e. The molecule has 1 aromatic carbocycles. The van der Waals surface area contributed by atoms with Gasteiger partial charge in [0.25, 0.3) is 0 Å². The number of benzene rings is 1. The van der Waals surface area contributed by atoms with E-state index < -0.39 is 0 Å². The third-order valence-electron chi connectivity index (χ3n) is 2.75. The van der Waals surface area contributed by atoms with Gasteiger partial charge >= 0.3 is 0 Å². The standard InChI is InChI=1S/C14H21FN2O/c1-9(2)17-14(18)12(8-16)7-11-6-10(3)4-5-13(11)15/h4-6,9,12H,7-8,16H2,1-3H3,(H,17,18). The van der Waals surface area contributed by atoms with Gasteiger partial charge in [0.2, 0.25) is 5.91 Å². The maximum absolute atomic E-state index is 13.6. The Balaban J connectivity index is 2.79. The highest BCUT2D eigenvalue weighted by Crippen LogP contribution is 2.15. The topological polar surface area (TPSA) is 55.1 Å². The van der Waals surface area contributed by atoms with E-state index >= 15 is 0 Å². The number of carbonyl (C=O) groups is 1. The molecule has 1 amide bonds. The second kappa shape index (κ2) is 6.50. The van der Waals surface area contributed by atoms with Gasteiger partial charge in [0.15, 0.2) is 0 Å². The minimum atomic E-state index is -0.385. The second-order valence-electron chi connectivity index (χ2n) is 4.89. The van der Waals surface area contributed by atoms with Gasteiger partial charge in [0, 0.05) is 12.6 Å². The van der Waals surface area contributed by atoms with Crippen LogP contribution in [0.2, 0.25) is 0 Å². The minimum absolute atomic E-state index is 0.0638. The van der Waals surface area contributed by atoms with Gasteiger partial charge in [0.05, 0.1) is 5.92 Å². The predicted molar refractivity (Wildman–Crippen MR) is 70.7 cm³/mol. The van der Waals surface area contributed by atoms with E-state index in [9.17, 15) is 9.18 Å². The number of nitrogens with two attached hydrogens (primary N) is 1. The summed E-state index contributed by atoms with van der Waals surface area (Å²) in [4.78, 5) is 11.9. The van der Waals surface area contributed by atoms with Crippen LogP contribution in [0.5, 0.6) is 0 Å². The van der Waals surface area contributed by atoms with Crippen LogP contribution >= 0.6 is 0 Å². The summed E-state index contributed by atoms with van der Waals surface area (Å²) in [6, 6.07) is 4.97. The lowest BCUT2D eigenvalue weighted by Gasteiger charge is -2.17. The molecule has 4 heteroatoms. The molecule has 3 nitrogen and oxygen atoms in total. The number of hydrogen-bond donors (Lipinski definition) is 2. The van der Waals surface area contributed by atoms with Gasteiger partial charge < -0.3 is 11.1 Å². The molecular weight excluding hydrogens is 231 g/mol. The Labute approximate surface area is 108 Å².